The molecule has 3 rings (SSSR count). The summed E-state index contributed by atoms with van der Waals surface area (Å²) in [6.45, 7) is 2.60. The highest BCUT2D eigenvalue weighted by Gasteiger charge is 2.27. The van der Waals surface area contributed by atoms with E-state index in [2.05, 4.69) is 10.3 Å². The molecule has 1 aromatic heterocycles. The molecule has 0 spiro atoms. The standard InChI is InChI=1S/C22H26N4O4S/c1-18-15-20(9-10-21(18)30-2)31(28,29)26(19-7-4-3-5-8-19)16-22(27)24-11-6-13-25-14-12-23-17-25/h3-5,7-10,12,14-15,17H,6,11,13,16H2,1-2H3,(H,24,27). The molecule has 3 aromatic rings. The highest BCUT2D eigenvalue weighted by molar-refractivity contribution is 7.92. The van der Waals surface area contributed by atoms with Crippen LogP contribution in [0.25, 0.3) is 0 Å². The van der Waals surface area contributed by atoms with Gasteiger partial charge in [-0.2, -0.15) is 0 Å². The summed E-state index contributed by atoms with van der Waals surface area (Å²) >= 11 is 0. The summed E-state index contributed by atoms with van der Waals surface area (Å²) in [5.74, 6) is 0.226. The number of imidazole rings is 1. The molecule has 0 bridgehead atoms. The van der Waals surface area contributed by atoms with Gasteiger partial charge >= 0.3 is 0 Å². The fourth-order valence-electron chi connectivity index (χ4n) is 3.14. The highest BCUT2D eigenvalue weighted by Crippen LogP contribution is 2.27. The number of sulfonamides is 1. The number of anilines is 1. The summed E-state index contributed by atoms with van der Waals surface area (Å²) in [4.78, 5) is 16.7. The summed E-state index contributed by atoms with van der Waals surface area (Å²) in [5, 5.41) is 2.80. The minimum absolute atomic E-state index is 0.0996. The van der Waals surface area contributed by atoms with Gasteiger partial charge in [-0.05, 0) is 49.2 Å². The Bertz CT molecular complexity index is 1100. The van der Waals surface area contributed by atoms with E-state index < -0.39 is 10.0 Å². The van der Waals surface area contributed by atoms with Crippen molar-refractivity contribution in [3.8, 4) is 5.75 Å². The Morgan fingerprint density at radius 1 is 1.19 bits per heavy atom. The van der Waals surface area contributed by atoms with Crippen LogP contribution in [0.3, 0.4) is 0 Å². The first-order chi connectivity index (χ1) is 14.9. The number of aryl methyl sites for hydroxylation is 2. The summed E-state index contributed by atoms with van der Waals surface area (Å²) in [7, 11) is -2.43. The molecule has 8 nitrogen and oxygen atoms in total. The zero-order valence-electron chi connectivity index (χ0n) is 17.6. The first kappa shape index (κ1) is 22.4. The zero-order valence-corrected chi connectivity index (χ0v) is 18.4. The van der Waals surface area contributed by atoms with Gasteiger partial charge in [0.15, 0.2) is 0 Å². The molecular weight excluding hydrogens is 416 g/mol. The van der Waals surface area contributed by atoms with Crippen molar-refractivity contribution in [1.29, 1.82) is 0 Å². The summed E-state index contributed by atoms with van der Waals surface area (Å²) in [6.07, 6.45) is 5.96. The number of nitrogens with zero attached hydrogens (tertiary/aromatic N) is 3. The molecule has 9 heteroatoms. The lowest BCUT2D eigenvalue weighted by atomic mass is 10.2. The number of nitrogens with one attached hydrogen (secondary N) is 1. The molecule has 0 radical (unpaired) electrons. The molecule has 1 heterocycles. The number of hydrogen-bond donors (Lipinski definition) is 1. The largest absolute Gasteiger partial charge is 0.496 e. The predicted octanol–water partition coefficient (Wildman–Crippen LogP) is 2.60. The van der Waals surface area contributed by atoms with Gasteiger partial charge in [0.1, 0.15) is 12.3 Å². The third-order valence-corrected chi connectivity index (χ3v) is 6.53. The second-order valence-electron chi connectivity index (χ2n) is 6.98. The predicted molar refractivity (Wildman–Crippen MR) is 119 cm³/mol. The lowest BCUT2D eigenvalue weighted by Gasteiger charge is -2.24. The van der Waals surface area contributed by atoms with Crippen molar-refractivity contribution in [3.63, 3.8) is 0 Å². The first-order valence-corrected chi connectivity index (χ1v) is 11.3. The molecule has 0 atom stereocenters. The van der Waals surface area contributed by atoms with E-state index >= 15 is 0 Å². The lowest BCUT2D eigenvalue weighted by Crippen LogP contribution is -2.41. The van der Waals surface area contributed by atoms with Gasteiger partial charge in [0.05, 0.1) is 24.0 Å². The first-order valence-electron chi connectivity index (χ1n) is 9.86. The van der Waals surface area contributed by atoms with Gasteiger partial charge in [-0.15, -0.1) is 0 Å². The van der Waals surface area contributed by atoms with E-state index in [1.165, 1.54) is 13.2 Å². The van der Waals surface area contributed by atoms with Gasteiger partial charge in [-0.1, -0.05) is 18.2 Å². The fourth-order valence-corrected chi connectivity index (χ4v) is 4.65. The van der Waals surface area contributed by atoms with Gasteiger partial charge < -0.3 is 14.6 Å². The van der Waals surface area contributed by atoms with Crippen LogP contribution in [-0.4, -0.2) is 44.1 Å². The van der Waals surface area contributed by atoms with Crippen molar-refractivity contribution in [3.05, 3.63) is 72.8 Å². The van der Waals surface area contributed by atoms with Crippen LogP contribution in [0.5, 0.6) is 5.75 Å². The Morgan fingerprint density at radius 2 is 1.97 bits per heavy atom. The molecule has 0 aliphatic heterocycles. The van der Waals surface area contributed by atoms with Gasteiger partial charge in [0.2, 0.25) is 5.91 Å². The maximum absolute atomic E-state index is 13.4. The summed E-state index contributed by atoms with van der Waals surface area (Å²) in [5.41, 5.74) is 1.12. The molecule has 164 valence electrons. The molecule has 0 fully saturated rings. The third-order valence-electron chi connectivity index (χ3n) is 4.76. The Labute approximate surface area is 182 Å². The fraction of sp³-hybridized carbons (Fsp3) is 0.273. The van der Waals surface area contributed by atoms with E-state index in [0.29, 0.717) is 36.5 Å². The summed E-state index contributed by atoms with van der Waals surface area (Å²) in [6, 6.07) is 13.2. The number of para-hydroxylation sites is 1. The molecule has 0 unspecified atom stereocenters. The monoisotopic (exact) mass is 442 g/mol. The molecule has 0 aliphatic rings. The number of aromatic nitrogens is 2. The zero-order chi connectivity index (χ0) is 22.3. The number of ether oxygens (including phenoxy) is 1. The van der Waals surface area contributed by atoms with Gasteiger partial charge in [0, 0.05) is 25.5 Å². The number of amides is 1. The van der Waals surface area contributed by atoms with Gasteiger partial charge in [0.25, 0.3) is 10.0 Å². The average Bonchev–Trinajstić information content (AvgIpc) is 3.29. The van der Waals surface area contributed by atoms with E-state index in [4.69, 9.17) is 4.74 Å². The SMILES string of the molecule is COc1ccc(S(=O)(=O)N(CC(=O)NCCCn2ccnc2)c2ccccc2)cc1C. The smallest absolute Gasteiger partial charge is 0.264 e. The van der Waals surface area contributed by atoms with Crippen LogP contribution in [0.4, 0.5) is 5.69 Å². The van der Waals surface area contributed by atoms with Gasteiger partial charge in [-0.25, -0.2) is 13.4 Å². The van der Waals surface area contributed by atoms with E-state index in [1.54, 1.807) is 61.9 Å². The minimum Gasteiger partial charge on any atom is -0.496 e. The number of rotatable bonds is 10. The number of benzene rings is 2. The van der Waals surface area contributed by atoms with Crippen molar-refractivity contribution < 1.29 is 17.9 Å². The maximum atomic E-state index is 13.4. The van der Waals surface area contributed by atoms with Crippen LogP contribution in [0.15, 0.2) is 72.1 Å². The second-order valence-corrected chi connectivity index (χ2v) is 8.84. The van der Waals surface area contributed by atoms with E-state index in [-0.39, 0.29) is 17.3 Å². The molecule has 0 saturated heterocycles. The van der Waals surface area contributed by atoms with Crippen LogP contribution in [0.1, 0.15) is 12.0 Å². The molecule has 1 N–H and O–H groups in total. The molecule has 1 amide bonds. The number of carbonyl (C=O) groups excluding carboxylic acids is 1. The Hall–Kier alpha value is -3.33. The van der Waals surface area contributed by atoms with Crippen LogP contribution in [0.2, 0.25) is 0 Å². The average molecular weight is 443 g/mol. The number of carbonyl (C=O) groups is 1. The van der Waals surface area contributed by atoms with Crippen LogP contribution in [-0.2, 0) is 21.4 Å². The van der Waals surface area contributed by atoms with Crippen LogP contribution in [0, 0.1) is 6.92 Å². The Kier molecular flexibility index (Phi) is 7.30. The Morgan fingerprint density at radius 3 is 2.61 bits per heavy atom. The van der Waals surface area contributed by atoms with Crippen molar-refractivity contribution in [2.24, 2.45) is 0 Å². The quantitative estimate of drug-likeness (QED) is 0.487. The highest BCUT2D eigenvalue weighted by atomic mass is 32.2. The van der Waals surface area contributed by atoms with Gasteiger partial charge in [-0.3, -0.25) is 9.10 Å². The number of methoxy groups -OCH3 is 1. The second kappa shape index (κ2) is 10.1. The normalized spacial score (nSPS) is 11.2. The lowest BCUT2D eigenvalue weighted by molar-refractivity contribution is -0.119. The third kappa shape index (κ3) is 5.64. The molecule has 0 aliphatic carbocycles. The van der Waals surface area contributed by atoms with Crippen molar-refractivity contribution >= 4 is 21.6 Å². The van der Waals surface area contributed by atoms with E-state index in [0.717, 1.165) is 4.31 Å². The van der Waals surface area contributed by atoms with Crippen molar-refractivity contribution in [2.45, 2.75) is 24.8 Å². The topological polar surface area (TPSA) is 93.5 Å². The molecular formula is C22H26N4O4S. The van der Waals surface area contributed by atoms with E-state index in [9.17, 15) is 13.2 Å². The van der Waals surface area contributed by atoms with Crippen molar-refractivity contribution in [1.82, 2.24) is 14.9 Å². The van der Waals surface area contributed by atoms with Crippen molar-refractivity contribution in [2.75, 3.05) is 24.5 Å². The molecule has 2 aromatic carbocycles. The van der Waals surface area contributed by atoms with Crippen LogP contribution < -0.4 is 14.4 Å². The van der Waals surface area contributed by atoms with E-state index in [1.807, 2.05) is 10.8 Å². The Balaban J connectivity index is 1.75. The maximum Gasteiger partial charge on any atom is 0.264 e. The van der Waals surface area contributed by atoms with Crippen LogP contribution >= 0.6 is 0 Å². The molecule has 31 heavy (non-hydrogen) atoms. The molecule has 0 saturated carbocycles. The summed E-state index contributed by atoms with van der Waals surface area (Å²) < 4.78 is 35.1. The minimum atomic E-state index is -3.96. The number of hydrogen-bond acceptors (Lipinski definition) is 5.